The topological polar surface area (TPSA) is 64.7 Å². The number of piperazine rings is 1. The molecule has 9 heteroatoms. The van der Waals surface area contributed by atoms with Crippen LogP contribution in [0.1, 0.15) is 6.42 Å². The molecule has 2 amide bonds. The SMILES string of the molecule is O=C(CN1CCN(CCC(=O)Nc2ccc(Br)cc2F)CC1)Nc1ccc(F)cc1. The van der Waals surface area contributed by atoms with E-state index in [0.717, 1.165) is 13.1 Å². The van der Waals surface area contributed by atoms with E-state index in [2.05, 4.69) is 31.5 Å². The van der Waals surface area contributed by atoms with E-state index in [0.29, 0.717) is 29.8 Å². The normalized spacial score (nSPS) is 15.0. The Morgan fingerprint density at radius 2 is 1.57 bits per heavy atom. The van der Waals surface area contributed by atoms with Crippen molar-refractivity contribution in [3.05, 3.63) is 58.6 Å². The monoisotopic (exact) mass is 480 g/mol. The lowest BCUT2D eigenvalue weighted by Gasteiger charge is -2.34. The highest BCUT2D eigenvalue weighted by atomic mass is 79.9. The number of anilines is 2. The van der Waals surface area contributed by atoms with Crippen LogP contribution in [0.5, 0.6) is 0 Å². The summed E-state index contributed by atoms with van der Waals surface area (Å²) < 4.78 is 27.3. The molecule has 0 aromatic heterocycles. The molecule has 0 saturated carbocycles. The van der Waals surface area contributed by atoms with E-state index in [1.54, 1.807) is 6.07 Å². The Bertz CT molecular complexity index is 887. The highest BCUT2D eigenvalue weighted by Gasteiger charge is 2.19. The Morgan fingerprint density at radius 1 is 0.900 bits per heavy atom. The minimum Gasteiger partial charge on any atom is -0.325 e. The number of carbonyl (C=O) groups excluding carboxylic acids is 2. The van der Waals surface area contributed by atoms with Crippen molar-refractivity contribution >= 4 is 39.1 Å². The molecule has 2 aromatic rings. The van der Waals surface area contributed by atoms with Crippen LogP contribution in [0.4, 0.5) is 20.2 Å². The molecule has 0 radical (unpaired) electrons. The van der Waals surface area contributed by atoms with E-state index in [1.165, 1.54) is 36.4 Å². The summed E-state index contributed by atoms with van der Waals surface area (Å²) in [6.07, 6.45) is 0.264. The van der Waals surface area contributed by atoms with Gasteiger partial charge >= 0.3 is 0 Å². The number of carbonyl (C=O) groups is 2. The quantitative estimate of drug-likeness (QED) is 0.637. The number of nitrogens with zero attached hydrogens (tertiary/aromatic N) is 2. The Labute approximate surface area is 182 Å². The highest BCUT2D eigenvalue weighted by molar-refractivity contribution is 9.10. The van der Waals surface area contributed by atoms with Crippen LogP contribution in [-0.4, -0.2) is 60.9 Å². The average Bonchev–Trinajstić information content (AvgIpc) is 2.71. The van der Waals surface area contributed by atoms with Crippen molar-refractivity contribution in [1.29, 1.82) is 0 Å². The largest absolute Gasteiger partial charge is 0.325 e. The molecule has 1 aliphatic heterocycles. The molecule has 2 N–H and O–H groups in total. The Balaban J connectivity index is 1.35. The lowest BCUT2D eigenvalue weighted by molar-refractivity contribution is -0.117. The van der Waals surface area contributed by atoms with Gasteiger partial charge in [0, 0.05) is 49.3 Å². The van der Waals surface area contributed by atoms with Crippen molar-refractivity contribution in [1.82, 2.24) is 9.80 Å². The number of benzene rings is 2. The van der Waals surface area contributed by atoms with Crippen LogP contribution in [0.15, 0.2) is 46.9 Å². The third-order valence-corrected chi connectivity index (χ3v) is 5.31. The predicted molar refractivity (Wildman–Crippen MR) is 115 cm³/mol. The second-order valence-corrected chi connectivity index (χ2v) is 8.01. The number of nitrogens with one attached hydrogen (secondary N) is 2. The summed E-state index contributed by atoms with van der Waals surface area (Å²) in [5.74, 6) is -1.21. The minimum absolute atomic E-state index is 0.147. The first-order valence-corrected chi connectivity index (χ1v) is 10.4. The molecule has 1 saturated heterocycles. The summed E-state index contributed by atoms with van der Waals surface area (Å²) in [4.78, 5) is 28.4. The Morgan fingerprint density at radius 3 is 2.23 bits per heavy atom. The summed E-state index contributed by atoms with van der Waals surface area (Å²) in [6, 6.07) is 10.1. The van der Waals surface area contributed by atoms with Crippen LogP contribution >= 0.6 is 15.9 Å². The molecule has 3 rings (SSSR count). The molecule has 1 aliphatic rings. The number of halogens is 3. The molecule has 0 atom stereocenters. The first-order valence-electron chi connectivity index (χ1n) is 9.64. The summed E-state index contributed by atoms with van der Waals surface area (Å²) >= 11 is 3.18. The van der Waals surface area contributed by atoms with Gasteiger partial charge in [0.05, 0.1) is 12.2 Å². The van der Waals surface area contributed by atoms with Gasteiger partial charge in [-0.2, -0.15) is 0 Å². The highest BCUT2D eigenvalue weighted by Crippen LogP contribution is 2.19. The fraction of sp³-hybridized carbons (Fsp3) is 0.333. The first-order chi connectivity index (χ1) is 14.4. The molecule has 0 unspecified atom stereocenters. The predicted octanol–water partition coefficient (Wildman–Crippen LogP) is 3.31. The van der Waals surface area contributed by atoms with E-state index in [-0.39, 0.29) is 36.3 Å². The molecule has 1 heterocycles. The molecule has 2 aromatic carbocycles. The Hall–Kier alpha value is -2.36. The molecular formula is C21H23BrF2N4O2. The van der Waals surface area contributed by atoms with Crippen LogP contribution < -0.4 is 10.6 Å². The van der Waals surface area contributed by atoms with Gasteiger partial charge < -0.3 is 15.5 Å². The summed E-state index contributed by atoms with van der Waals surface area (Å²) in [7, 11) is 0. The molecule has 160 valence electrons. The molecule has 1 fully saturated rings. The molecule has 0 spiro atoms. The number of hydrogen-bond donors (Lipinski definition) is 2. The smallest absolute Gasteiger partial charge is 0.238 e. The molecule has 6 nitrogen and oxygen atoms in total. The third kappa shape index (κ3) is 6.86. The van der Waals surface area contributed by atoms with Gasteiger partial charge in [0.25, 0.3) is 0 Å². The minimum atomic E-state index is -0.481. The van der Waals surface area contributed by atoms with Crippen molar-refractivity contribution in [3.8, 4) is 0 Å². The standard InChI is InChI=1S/C21H23BrF2N4O2/c22-15-1-6-19(18(24)13-15)26-20(29)7-8-27-9-11-28(12-10-27)14-21(30)25-17-4-2-16(23)3-5-17/h1-6,13H,7-12,14H2,(H,25,30)(H,26,29). The first kappa shape index (κ1) is 22.3. The van der Waals surface area contributed by atoms with E-state index in [9.17, 15) is 18.4 Å². The van der Waals surface area contributed by atoms with Crippen molar-refractivity contribution in [2.75, 3.05) is 49.9 Å². The van der Waals surface area contributed by atoms with Gasteiger partial charge in [-0.25, -0.2) is 8.78 Å². The van der Waals surface area contributed by atoms with Gasteiger partial charge in [-0.1, -0.05) is 15.9 Å². The number of hydrogen-bond acceptors (Lipinski definition) is 4. The van der Waals surface area contributed by atoms with Gasteiger partial charge in [-0.15, -0.1) is 0 Å². The van der Waals surface area contributed by atoms with Gasteiger partial charge in [0.15, 0.2) is 0 Å². The molecular weight excluding hydrogens is 458 g/mol. The van der Waals surface area contributed by atoms with Gasteiger partial charge in [0.1, 0.15) is 11.6 Å². The number of amides is 2. The summed E-state index contributed by atoms with van der Waals surface area (Å²) in [5, 5.41) is 5.34. The van der Waals surface area contributed by atoms with Gasteiger partial charge in [-0.05, 0) is 42.5 Å². The van der Waals surface area contributed by atoms with Crippen LogP contribution in [-0.2, 0) is 9.59 Å². The third-order valence-electron chi connectivity index (χ3n) is 4.82. The van der Waals surface area contributed by atoms with Crippen LogP contribution in [0.3, 0.4) is 0 Å². The van der Waals surface area contributed by atoms with Crippen molar-refractivity contribution in [3.63, 3.8) is 0 Å². The summed E-state index contributed by atoms with van der Waals surface area (Å²) in [6.45, 7) is 3.72. The van der Waals surface area contributed by atoms with Gasteiger partial charge in [-0.3, -0.25) is 14.5 Å². The second kappa shape index (κ2) is 10.6. The second-order valence-electron chi connectivity index (χ2n) is 7.10. The maximum atomic E-state index is 13.8. The van der Waals surface area contributed by atoms with Crippen molar-refractivity contribution in [2.45, 2.75) is 6.42 Å². The van der Waals surface area contributed by atoms with E-state index >= 15 is 0 Å². The zero-order valence-electron chi connectivity index (χ0n) is 16.3. The average molecular weight is 481 g/mol. The van der Waals surface area contributed by atoms with Crippen molar-refractivity contribution < 1.29 is 18.4 Å². The summed E-state index contributed by atoms with van der Waals surface area (Å²) in [5.41, 5.74) is 0.730. The zero-order valence-corrected chi connectivity index (χ0v) is 17.9. The molecule has 0 aliphatic carbocycles. The lowest BCUT2D eigenvalue weighted by Crippen LogP contribution is -2.49. The maximum Gasteiger partial charge on any atom is 0.238 e. The van der Waals surface area contributed by atoms with E-state index in [4.69, 9.17) is 0 Å². The fourth-order valence-corrected chi connectivity index (χ4v) is 3.50. The van der Waals surface area contributed by atoms with Gasteiger partial charge in [0.2, 0.25) is 11.8 Å². The zero-order chi connectivity index (χ0) is 21.5. The van der Waals surface area contributed by atoms with Crippen LogP contribution in [0, 0.1) is 11.6 Å². The van der Waals surface area contributed by atoms with Crippen LogP contribution in [0.25, 0.3) is 0 Å². The Kier molecular flexibility index (Phi) is 7.89. The molecule has 0 bridgehead atoms. The maximum absolute atomic E-state index is 13.8. The van der Waals surface area contributed by atoms with Crippen molar-refractivity contribution in [2.24, 2.45) is 0 Å². The lowest BCUT2D eigenvalue weighted by atomic mass is 10.2. The number of rotatable bonds is 7. The van der Waals surface area contributed by atoms with Crippen LogP contribution in [0.2, 0.25) is 0 Å². The molecule has 30 heavy (non-hydrogen) atoms. The fourth-order valence-electron chi connectivity index (χ4n) is 3.17. The van der Waals surface area contributed by atoms with E-state index < -0.39 is 5.82 Å². The van der Waals surface area contributed by atoms with E-state index in [1.807, 2.05) is 4.90 Å².